The monoisotopic (exact) mass is 391 g/mol. The SMILES string of the molecule is O=C1/C(=N\N=C/c2cnc3ccccc3n2)c2ccccc2N1Cc1ccccc1. The van der Waals surface area contributed by atoms with Crippen molar-refractivity contribution in [3.63, 3.8) is 0 Å². The van der Waals surface area contributed by atoms with Crippen molar-refractivity contribution in [2.24, 2.45) is 10.2 Å². The summed E-state index contributed by atoms with van der Waals surface area (Å²) in [6.07, 6.45) is 3.15. The lowest BCUT2D eigenvalue weighted by Gasteiger charge is -2.16. The van der Waals surface area contributed by atoms with Crippen LogP contribution in [0.25, 0.3) is 11.0 Å². The molecule has 30 heavy (non-hydrogen) atoms. The van der Waals surface area contributed by atoms with Crippen LogP contribution in [0.1, 0.15) is 16.8 Å². The van der Waals surface area contributed by atoms with Gasteiger partial charge in [-0.05, 0) is 23.8 Å². The molecule has 0 saturated heterocycles. The van der Waals surface area contributed by atoms with Crippen LogP contribution in [0.5, 0.6) is 0 Å². The van der Waals surface area contributed by atoms with Crippen LogP contribution >= 0.6 is 0 Å². The molecular weight excluding hydrogens is 374 g/mol. The number of para-hydroxylation sites is 3. The lowest BCUT2D eigenvalue weighted by molar-refractivity contribution is -0.112. The van der Waals surface area contributed by atoms with Crippen LogP contribution in [0.15, 0.2) is 95.3 Å². The normalized spacial score (nSPS) is 14.7. The molecule has 1 aliphatic rings. The van der Waals surface area contributed by atoms with Crippen LogP contribution in [0.2, 0.25) is 0 Å². The molecule has 3 aromatic carbocycles. The average Bonchev–Trinajstić information content (AvgIpc) is 3.06. The maximum Gasteiger partial charge on any atom is 0.279 e. The van der Waals surface area contributed by atoms with Crippen molar-refractivity contribution in [2.75, 3.05) is 4.90 Å². The number of fused-ring (bicyclic) bond motifs is 2. The molecule has 0 N–H and O–H groups in total. The number of amides is 1. The number of hydrogen-bond donors (Lipinski definition) is 0. The third kappa shape index (κ3) is 3.35. The zero-order valence-electron chi connectivity index (χ0n) is 16.0. The first-order valence-electron chi connectivity index (χ1n) is 9.57. The van der Waals surface area contributed by atoms with Crippen LogP contribution in [0, 0.1) is 0 Å². The maximum absolute atomic E-state index is 13.1. The first-order chi connectivity index (χ1) is 14.8. The molecule has 4 aromatic rings. The van der Waals surface area contributed by atoms with E-state index in [4.69, 9.17) is 0 Å². The number of carbonyl (C=O) groups is 1. The number of anilines is 1. The number of aromatic nitrogens is 2. The third-order valence-corrected chi connectivity index (χ3v) is 4.90. The van der Waals surface area contributed by atoms with Gasteiger partial charge in [0.15, 0.2) is 5.71 Å². The highest BCUT2D eigenvalue weighted by atomic mass is 16.2. The minimum Gasteiger partial charge on any atom is -0.302 e. The molecule has 0 fully saturated rings. The van der Waals surface area contributed by atoms with E-state index in [1.807, 2.05) is 78.9 Å². The molecule has 0 aliphatic carbocycles. The van der Waals surface area contributed by atoms with E-state index < -0.39 is 0 Å². The molecule has 144 valence electrons. The molecule has 1 aromatic heterocycles. The Hall–Kier alpha value is -4.19. The molecular formula is C24H17N5O. The number of hydrogen-bond acceptors (Lipinski definition) is 5. The van der Waals surface area contributed by atoms with Gasteiger partial charge in [0, 0.05) is 5.56 Å². The van der Waals surface area contributed by atoms with Gasteiger partial charge in [0.1, 0.15) is 5.69 Å². The fourth-order valence-electron chi connectivity index (χ4n) is 3.46. The van der Waals surface area contributed by atoms with Gasteiger partial charge in [-0.2, -0.15) is 5.10 Å². The number of carbonyl (C=O) groups excluding carboxylic acids is 1. The maximum atomic E-state index is 13.1. The topological polar surface area (TPSA) is 70.8 Å². The van der Waals surface area contributed by atoms with Crippen molar-refractivity contribution >= 4 is 34.6 Å². The smallest absolute Gasteiger partial charge is 0.279 e. The minimum atomic E-state index is -0.165. The summed E-state index contributed by atoms with van der Waals surface area (Å²) in [5.41, 5.74) is 5.18. The largest absolute Gasteiger partial charge is 0.302 e. The Kier molecular flexibility index (Phi) is 4.57. The first-order valence-corrected chi connectivity index (χ1v) is 9.57. The predicted octanol–water partition coefficient (Wildman–Crippen LogP) is 4.00. The first kappa shape index (κ1) is 17.9. The standard InChI is InChI=1S/C24H17N5O/c30-24-23(28-26-15-18-14-25-20-11-5-6-12-21(20)27-18)19-10-4-7-13-22(19)29(24)16-17-8-2-1-3-9-17/h1-15H,16H2/b26-15-,28-23-. The number of benzene rings is 3. The van der Waals surface area contributed by atoms with Crippen molar-refractivity contribution in [3.8, 4) is 0 Å². The summed E-state index contributed by atoms with van der Waals surface area (Å²) in [4.78, 5) is 23.7. The Bertz CT molecular complexity index is 1300. The van der Waals surface area contributed by atoms with Gasteiger partial charge in [0.05, 0.1) is 35.7 Å². The van der Waals surface area contributed by atoms with E-state index in [1.165, 1.54) is 6.21 Å². The Balaban J connectivity index is 1.45. The molecule has 2 heterocycles. The molecule has 0 spiro atoms. The van der Waals surface area contributed by atoms with E-state index in [1.54, 1.807) is 11.1 Å². The highest BCUT2D eigenvalue weighted by Gasteiger charge is 2.33. The minimum absolute atomic E-state index is 0.165. The van der Waals surface area contributed by atoms with Crippen LogP contribution in [-0.4, -0.2) is 27.8 Å². The summed E-state index contributed by atoms with van der Waals surface area (Å²) in [6, 6.07) is 25.1. The van der Waals surface area contributed by atoms with Crippen LogP contribution < -0.4 is 4.90 Å². The fourth-order valence-corrected chi connectivity index (χ4v) is 3.46. The zero-order chi connectivity index (χ0) is 20.3. The van der Waals surface area contributed by atoms with Crippen molar-refractivity contribution < 1.29 is 4.79 Å². The molecule has 0 saturated carbocycles. The third-order valence-electron chi connectivity index (χ3n) is 4.90. The highest BCUT2D eigenvalue weighted by Crippen LogP contribution is 2.30. The highest BCUT2D eigenvalue weighted by molar-refractivity contribution is 6.54. The second kappa shape index (κ2) is 7.67. The summed E-state index contributed by atoms with van der Waals surface area (Å²) < 4.78 is 0. The van der Waals surface area contributed by atoms with Crippen LogP contribution in [0.4, 0.5) is 5.69 Å². The molecule has 0 unspecified atom stereocenters. The molecule has 1 aliphatic heterocycles. The van der Waals surface area contributed by atoms with E-state index in [0.717, 1.165) is 27.8 Å². The Labute approximate surface area is 173 Å². The second-order valence-electron chi connectivity index (χ2n) is 6.87. The van der Waals surface area contributed by atoms with E-state index in [-0.39, 0.29) is 5.91 Å². The van der Waals surface area contributed by atoms with Gasteiger partial charge >= 0.3 is 0 Å². The van der Waals surface area contributed by atoms with Crippen LogP contribution in [0.3, 0.4) is 0 Å². The molecule has 5 rings (SSSR count). The van der Waals surface area contributed by atoms with Crippen molar-refractivity contribution in [2.45, 2.75) is 6.54 Å². The van der Waals surface area contributed by atoms with E-state index >= 15 is 0 Å². The van der Waals surface area contributed by atoms with Gasteiger partial charge in [0.25, 0.3) is 5.91 Å². The molecule has 6 nitrogen and oxygen atoms in total. The van der Waals surface area contributed by atoms with Gasteiger partial charge in [-0.15, -0.1) is 5.10 Å². The van der Waals surface area contributed by atoms with Gasteiger partial charge in [-0.25, -0.2) is 4.98 Å². The number of nitrogens with zero attached hydrogens (tertiary/aromatic N) is 5. The van der Waals surface area contributed by atoms with Crippen LogP contribution in [-0.2, 0) is 11.3 Å². The van der Waals surface area contributed by atoms with Gasteiger partial charge in [0.2, 0.25) is 0 Å². The van der Waals surface area contributed by atoms with E-state index in [0.29, 0.717) is 18.0 Å². The molecule has 1 amide bonds. The molecule has 0 atom stereocenters. The average molecular weight is 391 g/mol. The van der Waals surface area contributed by atoms with Gasteiger partial charge in [-0.3, -0.25) is 9.78 Å². The summed E-state index contributed by atoms with van der Waals surface area (Å²) in [5, 5.41) is 8.37. The Morgan fingerprint density at radius 1 is 0.867 bits per heavy atom. The van der Waals surface area contributed by atoms with Gasteiger partial charge in [-0.1, -0.05) is 60.7 Å². The molecule has 0 radical (unpaired) electrons. The number of rotatable bonds is 4. The predicted molar refractivity (Wildman–Crippen MR) is 118 cm³/mol. The van der Waals surface area contributed by atoms with Gasteiger partial charge < -0.3 is 4.90 Å². The van der Waals surface area contributed by atoms with E-state index in [2.05, 4.69) is 20.2 Å². The van der Waals surface area contributed by atoms with E-state index in [9.17, 15) is 4.79 Å². The quantitative estimate of drug-likeness (QED) is 0.390. The Morgan fingerprint density at radius 3 is 2.47 bits per heavy atom. The summed E-state index contributed by atoms with van der Waals surface area (Å²) in [6.45, 7) is 0.482. The zero-order valence-corrected chi connectivity index (χ0v) is 16.0. The summed E-state index contributed by atoms with van der Waals surface area (Å²) in [7, 11) is 0. The van der Waals surface area contributed by atoms with Crippen molar-refractivity contribution in [1.29, 1.82) is 0 Å². The van der Waals surface area contributed by atoms with Crippen molar-refractivity contribution in [3.05, 3.63) is 102 Å². The lowest BCUT2D eigenvalue weighted by atomic mass is 10.1. The second-order valence-corrected chi connectivity index (χ2v) is 6.87. The Morgan fingerprint density at radius 2 is 1.60 bits per heavy atom. The molecule has 0 bridgehead atoms. The summed E-state index contributed by atoms with van der Waals surface area (Å²) in [5.74, 6) is -0.165. The molecule has 6 heteroatoms. The lowest BCUT2D eigenvalue weighted by Crippen LogP contribution is -2.29. The van der Waals surface area contributed by atoms with Crippen molar-refractivity contribution in [1.82, 2.24) is 9.97 Å². The summed E-state index contributed by atoms with van der Waals surface area (Å²) >= 11 is 0. The fraction of sp³-hybridized carbons (Fsp3) is 0.0417.